The SMILES string of the molecule is O=C(C=Cc1ccc(O)c(CC2=NCN=C2)c1)N1c2c(cc(O)c3c2CCC2(O3)OC(CO)C(O)C(O)C2O)C(CCc2ccccc2)C1(CCCO)C(=O)O. The van der Waals surface area contributed by atoms with Crippen LogP contribution in [0.5, 0.6) is 17.2 Å². The molecule has 7 atom stereocenters. The molecule has 0 aromatic heterocycles. The molecule has 7 unspecified atom stereocenters. The van der Waals surface area contributed by atoms with E-state index in [-0.39, 0.29) is 61.5 Å². The van der Waals surface area contributed by atoms with Crippen LogP contribution in [0.25, 0.3) is 6.08 Å². The van der Waals surface area contributed by atoms with Crippen molar-refractivity contribution in [2.24, 2.45) is 9.98 Å². The van der Waals surface area contributed by atoms with Gasteiger partial charge in [0.25, 0.3) is 5.91 Å². The average Bonchev–Trinajstić information content (AvgIpc) is 3.82. The maximum Gasteiger partial charge on any atom is 0.330 e. The molecule has 56 heavy (non-hydrogen) atoms. The molecule has 3 aromatic rings. The quantitative estimate of drug-likeness (QED) is 0.123. The molecule has 4 aliphatic heterocycles. The summed E-state index contributed by atoms with van der Waals surface area (Å²) in [5.41, 5.74) is 1.57. The lowest BCUT2D eigenvalue weighted by Gasteiger charge is -2.50. The van der Waals surface area contributed by atoms with Crippen LogP contribution >= 0.6 is 0 Å². The molecular formula is C41H45N3O12. The van der Waals surface area contributed by atoms with E-state index in [1.54, 1.807) is 18.3 Å². The minimum atomic E-state index is -2.02. The second-order valence-corrected chi connectivity index (χ2v) is 14.6. The molecule has 7 rings (SSSR count). The molecule has 1 spiro atoms. The third-order valence-electron chi connectivity index (χ3n) is 11.3. The van der Waals surface area contributed by atoms with E-state index in [0.29, 0.717) is 41.9 Å². The van der Waals surface area contributed by atoms with Crippen molar-refractivity contribution in [3.63, 3.8) is 0 Å². The summed E-state index contributed by atoms with van der Waals surface area (Å²) >= 11 is 0. The van der Waals surface area contributed by atoms with Gasteiger partial charge in [-0.25, -0.2) is 4.79 Å². The lowest BCUT2D eigenvalue weighted by Crippen LogP contribution is -2.68. The van der Waals surface area contributed by atoms with Crippen LogP contribution in [0.2, 0.25) is 0 Å². The molecule has 0 saturated carbocycles. The summed E-state index contributed by atoms with van der Waals surface area (Å²) in [6.45, 7) is -0.759. The van der Waals surface area contributed by atoms with Gasteiger partial charge in [0.2, 0.25) is 5.79 Å². The number of carboxylic acids is 1. The van der Waals surface area contributed by atoms with Crippen LogP contribution in [0.4, 0.5) is 5.69 Å². The summed E-state index contributed by atoms with van der Waals surface area (Å²) in [7, 11) is 0. The fourth-order valence-corrected chi connectivity index (χ4v) is 8.58. The first-order valence-corrected chi connectivity index (χ1v) is 18.6. The molecule has 15 heteroatoms. The Bertz CT molecular complexity index is 2070. The first-order valence-electron chi connectivity index (χ1n) is 18.6. The standard InChI is InChI=1S/C41H45N3O12/c45-16-4-14-40(39(53)54)29(10-7-23-5-2-1-3-6-23)28-19-31(48)37-27(13-15-41(56-37)38(52)36(51)35(50)32(21-46)55-41)34(28)44(40)33(49)12-9-24-8-11-30(47)25(17-24)18-26-20-42-22-43-26/h1-3,5-6,8-9,11-12,17,19-20,29,32,35-36,38,45-48,50-52H,4,7,10,13-16,18,21-22H2,(H,53,54). The van der Waals surface area contributed by atoms with E-state index >= 15 is 0 Å². The maximum absolute atomic E-state index is 14.8. The van der Waals surface area contributed by atoms with Gasteiger partial charge in [-0.2, -0.15) is 0 Å². The van der Waals surface area contributed by atoms with E-state index in [1.807, 2.05) is 30.3 Å². The Hall–Kier alpha value is -5.16. The van der Waals surface area contributed by atoms with E-state index in [2.05, 4.69) is 9.98 Å². The van der Waals surface area contributed by atoms with Crippen LogP contribution < -0.4 is 9.64 Å². The smallest absolute Gasteiger partial charge is 0.330 e. The minimum Gasteiger partial charge on any atom is -0.508 e. The van der Waals surface area contributed by atoms with Crippen LogP contribution in [0.1, 0.15) is 59.4 Å². The zero-order chi connectivity index (χ0) is 39.8. The number of phenols is 2. The number of nitrogens with zero attached hydrogens (tertiary/aromatic N) is 3. The number of hydrogen-bond donors (Lipinski definition) is 8. The molecule has 1 saturated heterocycles. The van der Waals surface area contributed by atoms with Gasteiger partial charge in [-0.05, 0) is 73.1 Å². The number of aliphatic hydroxyl groups is 5. The highest BCUT2D eigenvalue weighted by Crippen LogP contribution is 2.59. The molecule has 0 aliphatic carbocycles. The molecule has 4 heterocycles. The lowest BCUT2D eigenvalue weighted by atomic mass is 9.75. The van der Waals surface area contributed by atoms with Crippen molar-refractivity contribution >= 4 is 35.6 Å². The van der Waals surface area contributed by atoms with Crippen molar-refractivity contribution in [1.29, 1.82) is 0 Å². The molecule has 15 nitrogen and oxygen atoms in total. The average molecular weight is 772 g/mol. The van der Waals surface area contributed by atoms with Crippen LogP contribution in [0.15, 0.2) is 70.7 Å². The molecule has 1 amide bonds. The second-order valence-electron chi connectivity index (χ2n) is 14.6. The number of carbonyl (C=O) groups excluding carboxylic acids is 1. The van der Waals surface area contributed by atoms with Crippen LogP contribution in [-0.2, 0) is 33.6 Å². The number of hydrogen-bond acceptors (Lipinski definition) is 13. The van der Waals surface area contributed by atoms with Crippen molar-refractivity contribution in [3.05, 3.63) is 88.5 Å². The van der Waals surface area contributed by atoms with Crippen molar-refractivity contribution in [1.82, 2.24) is 0 Å². The van der Waals surface area contributed by atoms with E-state index in [0.717, 1.165) is 5.56 Å². The number of benzene rings is 3. The summed E-state index contributed by atoms with van der Waals surface area (Å²) in [6.07, 6.45) is -1.56. The first kappa shape index (κ1) is 39.1. The first-order chi connectivity index (χ1) is 26.9. The molecule has 0 radical (unpaired) electrons. The predicted molar refractivity (Wildman–Crippen MR) is 203 cm³/mol. The Kier molecular flexibility index (Phi) is 11.0. The van der Waals surface area contributed by atoms with E-state index < -0.39 is 65.9 Å². The number of aliphatic imine (C=N–C) groups is 2. The third kappa shape index (κ3) is 6.84. The highest BCUT2D eigenvalue weighted by Gasteiger charge is 2.62. The summed E-state index contributed by atoms with van der Waals surface area (Å²) in [5.74, 6) is -5.55. The van der Waals surface area contributed by atoms with Crippen molar-refractivity contribution in [3.8, 4) is 17.2 Å². The topological polar surface area (TPSA) is 242 Å². The molecule has 1 fully saturated rings. The number of aliphatic hydroxyl groups excluding tert-OH is 5. The van der Waals surface area contributed by atoms with Crippen molar-refractivity contribution < 1.29 is 59.9 Å². The number of amides is 1. The number of ether oxygens (including phenoxy) is 2. The van der Waals surface area contributed by atoms with Crippen molar-refractivity contribution in [2.75, 3.05) is 24.8 Å². The number of carboxylic acid groups (broad SMARTS) is 1. The number of anilines is 1. The maximum atomic E-state index is 14.8. The number of fused-ring (bicyclic) bond motifs is 3. The van der Waals surface area contributed by atoms with Gasteiger partial charge in [0.15, 0.2) is 17.0 Å². The van der Waals surface area contributed by atoms with Gasteiger partial charge in [-0.3, -0.25) is 19.7 Å². The lowest BCUT2D eigenvalue weighted by molar-refractivity contribution is -0.342. The van der Waals surface area contributed by atoms with Gasteiger partial charge in [-0.1, -0.05) is 36.4 Å². The zero-order valence-electron chi connectivity index (χ0n) is 30.4. The molecule has 3 aromatic carbocycles. The van der Waals surface area contributed by atoms with Gasteiger partial charge in [0.05, 0.1) is 18.0 Å². The number of aryl methyl sites for hydroxylation is 1. The summed E-state index contributed by atoms with van der Waals surface area (Å²) in [5, 5.41) is 85.6. The van der Waals surface area contributed by atoms with E-state index in [9.17, 15) is 50.4 Å². The van der Waals surface area contributed by atoms with Gasteiger partial charge >= 0.3 is 5.97 Å². The monoisotopic (exact) mass is 771 g/mol. The normalized spacial score (nSPS) is 28.0. The third-order valence-corrected chi connectivity index (χ3v) is 11.3. The molecule has 4 aliphatic rings. The number of phenolic OH excluding ortho intramolecular Hbond substituents is 2. The highest BCUT2D eigenvalue weighted by molar-refractivity contribution is 6.32. The predicted octanol–water partition coefficient (Wildman–Crippen LogP) is 1.99. The Labute approximate surface area is 322 Å². The highest BCUT2D eigenvalue weighted by atomic mass is 16.7. The zero-order valence-corrected chi connectivity index (χ0v) is 30.4. The van der Waals surface area contributed by atoms with E-state index in [1.165, 1.54) is 29.2 Å². The van der Waals surface area contributed by atoms with Gasteiger partial charge in [-0.15, -0.1) is 0 Å². The van der Waals surface area contributed by atoms with Crippen LogP contribution in [0.3, 0.4) is 0 Å². The van der Waals surface area contributed by atoms with Crippen molar-refractivity contribution in [2.45, 2.75) is 86.6 Å². The summed E-state index contributed by atoms with van der Waals surface area (Å²) in [6, 6.07) is 15.6. The Morgan fingerprint density at radius 3 is 2.48 bits per heavy atom. The Morgan fingerprint density at radius 1 is 1.00 bits per heavy atom. The summed E-state index contributed by atoms with van der Waals surface area (Å²) in [4.78, 5) is 38.2. The number of aliphatic carboxylic acids is 1. The number of carbonyl (C=O) groups is 2. The fourth-order valence-electron chi connectivity index (χ4n) is 8.58. The Balaban J connectivity index is 1.35. The summed E-state index contributed by atoms with van der Waals surface area (Å²) < 4.78 is 12.1. The second kappa shape index (κ2) is 15.8. The molecular weight excluding hydrogens is 726 g/mol. The minimum absolute atomic E-state index is 0.0285. The van der Waals surface area contributed by atoms with E-state index in [4.69, 9.17) is 9.47 Å². The molecule has 0 bridgehead atoms. The van der Waals surface area contributed by atoms with Gasteiger partial charge < -0.3 is 50.3 Å². The van der Waals surface area contributed by atoms with Gasteiger partial charge in [0, 0.05) is 48.8 Å². The van der Waals surface area contributed by atoms with Gasteiger partial charge in [0.1, 0.15) is 36.8 Å². The molecule has 8 N–H and O–H groups in total. The van der Waals surface area contributed by atoms with Crippen LogP contribution in [0, 0.1) is 0 Å². The van der Waals surface area contributed by atoms with Crippen LogP contribution in [-0.4, -0.2) is 120 Å². The number of rotatable bonds is 12. The number of aromatic hydroxyl groups is 2. The Morgan fingerprint density at radius 2 is 1.79 bits per heavy atom. The molecule has 296 valence electrons. The largest absolute Gasteiger partial charge is 0.508 e. The fraction of sp³-hybridized carbons (Fsp3) is 0.415.